The molecule has 0 aliphatic heterocycles. The highest BCUT2D eigenvalue weighted by atomic mass is 35.5. The summed E-state index contributed by atoms with van der Waals surface area (Å²) in [4.78, 5) is 34.9. The first-order chi connectivity index (χ1) is 14.1. The van der Waals surface area contributed by atoms with E-state index in [2.05, 4.69) is 10.4 Å². The SMILES string of the molecule is CNC(=O)NC(=O)C(C)OC(=O)/C=C/c1c(C)nn(Cc2c(Cl)cccc2Cl)c1Cl. The number of hydrogen-bond donors (Lipinski definition) is 2. The van der Waals surface area contributed by atoms with Crippen LogP contribution in [0.15, 0.2) is 24.3 Å². The molecule has 30 heavy (non-hydrogen) atoms. The molecule has 3 amide bonds. The van der Waals surface area contributed by atoms with Crippen LogP contribution in [-0.4, -0.2) is 40.8 Å². The Bertz CT molecular complexity index is 984. The van der Waals surface area contributed by atoms with Crippen molar-refractivity contribution in [1.82, 2.24) is 20.4 Å². The summed E-state index contributed by atoms with van der Waals surface area (Å²) in [6.07, 6.45) is 1.38. The lowest BCUT2D eigenvalue weighted by Crippen LogP contribution is -2.43. The molecule has 8 nitrogen and oxygen atoms in total. The van der Waals surface area contributed by atoms with Gasteiger partial charge < -0.3 is 10.1 Å². The maximum Gasteiger partial charge on any atom is 0.331 e. The highest BCUT2D eigenvalue weighted by Crippen LogP contribution is 2.28. The van der Waals surface area contributed by atoms with Gasteiger partial charge in [-0.2, -0.15) is 5.10 Å². The number of aryl methyl sites for hydroxylation is 1. The molecule has 0 aliphatic carbocycles. The molecule has 1 heterocycles. The third-order valence-electron chi connectivity index (χ3n) is 3.99. The Hall–Kier alpha value is -2.55. The molecule has 2 rings (SSSR count). The molecule has 1 aromatic carbocycles. The molecule has 0 fully saturated rings. The third-order valence-corrected chi connectivity index (χ3v) is 5.10. The molecule has 0 aliphatic rings. The number of aromatic nitrogens is 2. The minimum absolute atomic E-state index is 0.243. The highest BCUT2D eigenvalue weighted by Gasteiger charge is 2.19. The quantitative estimate of drug-likeness (QED) is 0.493. The summed E-state index contributed by atoms with van der Waals surface area (Å²) >= 11 is 18.8. The minimum atomic E-state index is -1.17. The number of rotatable bonds is 6. The van der Waals surface area contributed by atoms with Gasteiger partial charge in [-0.15, -0.1) is 0 Å². The topological polar surface area (TPSA) is 102 Å². The fraction of sp³-hybridized carbons (Fsp3) is 0.263. The summed E-state index contributed by atoms with van der Waals surface area (Å²) in [6.45, 7) is 3.31. The third kappa shape index (κ3) is 5.98. The van der Waals surface area contributed by atoms with Crippen molar-refractivity contribution in [1.29, 1.82) is 0 Å². The average Bonchev–Trinajstić information content (AvgIpc) is 2.95. The Balaban J connectivity index is 2.10. The van der Waals surface area contributed by atoms with Crippen molar-refractivity contribution in [3.63, 3.8) is 0 Å². The van der Waals surface area contributed by atoms with Gasteiger partial charge >= 0.3 is 12.0 Å². The molecule has 1 unspecified atom stereocenters. The molecule has 1 aromatic heterocycles. The van der Waals surface area contributed by atoms with Crippen LogP contribution >= 0.6 is 34.8 Å². The summed E-state index contributed by atoms with van der Waals surface area (Å²) in [7, 11) is 1.36. The first-order valence-electron chi connectivity index (χ1n) is 8.71. The number of esters is 1. The van der Waals surface area contributed by atoms with E-state index in [0.717, 1.165) is 6.08 Å². The Labute approximate surface area is 188 Å². The number of benzene rings is 1. The molecule has 2 aromatic rings. The van der Waals surface area contributed by atoms with E-state index in [9.17, 15) is 14.4 Å². The van der Waals surface area contributed by atoms with Crippen LogP contribution in [0.3, 0.4) is 0 Å². The van der Waals surface area contributed by atoms with Crippen molar-refractivity contribution >= 4 is 58.8 Å². The molecule has 1 atom stereocenters. The van der Waals surface area contributed by atoms with Gasteiger partial charge in [0.15, 0.2) is 6.10 Å². The number of carbonyl (C=O) groups is 3. The molecular formula is C19H19Cl3N4O4. The molecule has 160 valence electrons. The summed E-state index contributed by atoms with van der Waals surface area (Å²) < 4.78 is 6.48. The van der Waals surface area contributed by atoms with Crippen LogP contribution in [0.25, 0.3) is 6.08 Å². The molecule has 11 heteroatoms. The summed E-state index contributed by atoms with van der Waals surface area (Å²) in [5.74, 6) is -1.54. The van der Waals surface area contributed by atoms with Crippen LogP contribution < -0.4 is 10.6 Å². The lowest BCUT2D eigenvalue weighted by Gasteiger charge is -2.11. The number of ether oxygens (including phenoxy) is 1. The van der Waals surface area contributed by atoms with Gasteiger partial charge in [-0.3, -0.25) is 10.1 Å². The van der Waals surface area contributed by atoms with Crippen LogP contribution in [0.4, 0.5) is 4.79 Å². The van der Waals surface area contributed by atoms with Crippen LogP contribution in [0.2, 0.25) is 15.2 Å². The zero-order valence-electron chi connectivity index (χ0n) is 16.3. The fourth-order valence-corrected chi connectivity index (χ4v) is 3.20. The van der Waals surface area contributed by atoms with Gasteiger partial charge in [0.2, 0.25) is 0 Å². The lowest BCUT2D eigenvalue weighted by molar-refractivity contribution is -0.149. The zero-order valence-corrected chi connectivity index (χ0v) is 18.6. The van der Waals surface area contributed by atoms with Crippen molar-refractivity contribution in [2.75, 3.05) is 7.05 Å². The van der Waals surface area contributed by atoms with Crippen LogP contribution in [0, 0.1) is 6.92 Å². The molecular weight excluding hydrogens is 455 g/mol. The smallest absolute Gasteiger partial charge is 0.331 e. The molecule has 0 bridgehead atoms. The van der Waals surface area contributed by atoms with Gasteiger partial charge in [-0.25, -0.2) is 14.3 Å². The Morgan fingerprint density at radius 1 is 1.23 bits per heavy atom. The number of imide groups is 1. The number of nitrogens with one attached hydrogen (secondary N) is 2. The number of nitrogens with zero attached hydrogens (tertiary/aromatic N) is 2. The molecule has 0 saturated carbocycles. The van der Waals surface area contributed by atoms with Gasteiger partial charge in [0, 0.05) is 34.3 Å². The fourth-order valence-electron chi connectivity index (χ4n) is 2.39. The standard InChI is InChI=1S/C19H19Cl3N4O4/c1-10-12(7-8-16(27)30-11(2)18(28)24-19(29)23-3)17(22)26(25-10)9-13-14(20)5-4-6-15(13)21/h4-8,11H,9H2,1-3H3,(H2,23,24,28,29)/b8-7+. The van der Waals surface area contributed by atoms with Gasteiger partial charge in [0.25, 0.3) is 5.91 Å². The molecule has 0 spiro atoms. The van der Waals surface area contributed by atoms with E-state index in [4.69, 9.17) is 39.5 Å². The summed E-state index contributed by atoms with van der Waals surface area (Å²) in [5, 5.41) is 9.83. The van der Waals surface area contributed by atoms with E-state index >= 15 is 0 Å². The van der Waals surface area contributed by atoms with Crippen molar-refractivity contribution in [2.45, 2.75) is 26.5 Å². The molecule has 0 saturated heterocycles. The Morgan fingerprint density at radius 3 is 2.47 bits per heavy atom. The van der Waals surface area contributed by atoms with Crippen molar-refractivity contribution < 1.29 is 19.1 Å². The second kappa shape index (κ2) is 10.5. The van der Waals surface area contributed by atoms with Crippen molar-refractivity contribution in [2.24, 2.45) is 0 Å². The Morgan fingerprint density at radius 2 is 1.87 bits per heavy atom. The summed E-state index contributed by atoms with van der Waals surface area (Å²) in [6, 6.07) is 4.46. The molecule has 2 N–H and O–H groups in total. The van der Waals surface area contributed by atoms with E-state index in [0.29, 0.717) is 26.9 Å². The minimum Gasteiger partial charge on any atom is -0.449 e. The van der Waals surface area contributed by atoms with Crippen LogP contribution in [0.5, 0.6) is 0 Å². The van der Waals surface area contributed by atoms with E-state index in [1.165, 1.54) is 24.7 Å². The van der Waals surface area contributed by atoms with E-state index in [1.807, 2.05) is 5.32 Å². The first kappa shape index (κ1) is 23.7. The maximum atomic E-state index is 12.0. The maximum absolute atomic E-state index is 12.0. The van der Waals surface area contributed by atoms with Gasteiger partial charge in [0.05, 0.1) is 12.2 Å². The van der Waals surface area contributed by atoms with Crippen molar-refractivity contribution in [3.8, 4) is 0 Å². The summed E-state index contributed by atoms with van der Waals surface area (Å²) in [5.41, 5.74) is 1.73. The largest absolute Gasteiger partial charge is 0.449 e. The monoisotopic (exact) mass is 472 g/mol. The number of hydrogen-bond acceptors (Lipinski definition) is 5. The van der Waals surface area contributed by atoms with Crippen LogP contribution in [0.1, 0.15) is 23.7 Å². The lowest BCUT2D eigenvalue weighted by atomic mass is 10.2. The molecule has 0 radical (unpaired) electrons. The van der Waals surface area contributed by atoms with E-state index in [-0.39, 0.29) is 11.7 Å². The second-order valence-electron chi connectivity index (χ2n) is 6.13. The van der Waals surface area contributed by atoms with Gasteiger partial charge in [0.1, 0.15) is 5.15 Å². The number of urea groups is 1. The Kier molecular flexibility index (Phi) is 8.28. The van der Waals surface area contributed by atoms with E-state index in [1.54, 1.807) is 25.1 Å². The highest BCUT2D eigenvalue weighted by molar-refractivity contribution is 6.36. The number of amides is 3. The van der Waals surface area contributed by atoms with E-state index < -0.39 is 24.0 Å². The predicted molar refractivity (Wildman–Crippen MR) is 115 cm³/mol. The zero-order chi connectivity index (χ0) is 22.4. The van der Waals surface area contributed by atoms with Crippen LogP contribution in [-0.2, 0) is 20.9 Å². The average molecular weight is 474 g/mol. The normalized spacial score (nSPS) is 11.9. The predicted octanol–water partition coefficient (Wildman–Crippen LogP) is 3.60. The van der Waals surface area contributed by atoms with Crippen molar-refractivity contribution in [3.05, 3.63) is 56.3 Å². The first-order valence-corrected chi connectivity index (χ1v) is 9.84. The number of halogens is 3. The second-order valence-corrected chi connectivity index (χ2v) is 7.30. The van der Waals surface area contributed by atoms with Gasteiger partial charge in [-0.1, -0.05) is 40.9 Å². The van der Waals surface area contributed by atoms with Gasteiger partial charge in [-0.05, 0) is 32.1 Å². The number of carbonyl (C=O) groups excluding carboxylic acids is 3.